The molecule has 27 heavy (non-hydrogen) atoms. The second-order valence-corrected chi connectivity index (χ2v) is 9.89. The number of piperazine rings is 1. The Morgan fingerprint density at radius 2 is 1.85 bits per heavy atom. The van der Waals surface area contributed by atoms with E-state index in [0.29, 0.717) is 16.9 Å². The van der Waals surface area contributed by atoms with Gasteiger partial charge in [0.25, 0.3) is 0 Å². The predicted molar refractivity (Wildman–Crippen MR) is 109 cm³/mol. The Labute approximate surface area is 163 Å². The van der Waals surface area contributed by atoms with Crippen molar-refractivity contribution in [3.05, 3.63) is 41.7 Å². The summed E-state index contributed by atoms with van der Waals surface area (Å²) in [7, 11) is -2.77. The van der Waals surface area contributed by atoms with Crippen LogP contribution < -0.4 is 4.90 Å². The maximum Gasteiger partial charge on any atom is 0.225 e. The number of nitrogens with zero attached hydrogens (tertiary/aromatic N) is 5. The van der Waals surface area contributed by atoms with Crippen molar-refractivity contribution in [1.29, 1.82) is 4.78 Å². The Hall–Kier alpha value is -2.10. The fourth-order valence-corrected chi connectivity index (χ4v) is 4.50. The van der Waals surface area contributed by atoms with Crippen LogP contribution >= 0.6 is 11.3 Å². The largest absolute Gasteiger partial charge is 0.338 e. The van der Waals surface area contributed by atoms with Gasteiger partial charge in [-0.3, -0.25) is 4.90 Å². The van der Waals surface area contributed by atoms with Gasteiger partial charge in [-0.15, -0.1) is 11.3 Å². The van der Waals surface area contributed by atoms with E-state index >= 15 is 0 Å². The second-order valence-electron chi connectivity index (χ2n) is 6.84. The quantitative estimate of drug-likeness (QED) is 0.722. The van der Waals surface area contributed by atoms with Crippen LogP contribution in [0.2, 0.25) is 0 Å². The monoisotopic (exact) mass is 402 g/mol. The Morgan fingerprint density at radius 3 is 2.52 bits per heavy atom. The van der Waals surface area contributed by atoms with E-state index in [2.05, 4.69) is 49.9 Å². The third-order valence-corrected chi connectivity index (χ3v) is 6.97. The number of anilines is 1. The molecule has 3 aromatic rings. The van der Waals surface area contributed by atoms with Crippen LogP contribution in [0, 0.1) is 4.78 Å². The molecule has 9 heteroatoms. The van der Waals surface area contributed by atoms with Gasteiger partial charge in [-0.2, -0.15) is 0 Å². The lowest BCUT2D eigenvalue weighted by atomic mass is 10.1. The SMILES string of the molecule is C[C@H](c1ccc2scnc2c1)N1CCN(c2ncc([S@@](C)(=N)=O)cn2)CC1. The van der Waals surface area contributed by atoms with Gasteiger partial charge >= 0.3 is 0 Å². The summed E-state index contributed by atoms with van der Waals surface area (Å²) in [6.07, 6.45) is 4.40. The van der Waals surface area contributed by atoms with Gasteiger partial charge in [0.05, 0.1) is 30.4 Å². The molecule has 0 unspecified atom stereocenters. The van der Waals surface area contributed by atoms with E-state index in [1.54, 1.807) is 11.3 Å². The zero-order valence-electron chi connectivity index (χ0n) is 15.3. The summed E-state index contributed by atoms with van der Waals surface area (Å²) in [5.41, 5.74) is 4.25. The van der Waals surface area contributed by atoms with Crippen molar-refractivity contribution in [3.63, 3.8) is 0 Å². The molecule has 2 atom stereocenters. The molecule has 142 valence electrons. The third-order valence-electron chi connectivity index (χ3n) is 5.05. The number of benzene rings is 1. The van der Waals surface area contributed by atoms with Crippen LogP contribution in [0.4, 0.5) is 5.95 Å². The first-order valence-corrected chi connectivity index (χ1v) is 11.6. The molecule has 7 nitrogen and oxygen atoms in total. The summed E-state index contributed by atoms with van der Waals surface area (Å²) in [6, 6.07) is 6.87. The lowest BCUT2D eigenvalue weighted by Crippen LogP contribution is -2.47. The molecule has 1 aliphatic rings. The molecular weight excluding hydrogens is 380 g/mol. The molecule has 4 rings (SSSR count). The Balaban J connectivity index is 1.42. The first-order chi connectivity index (χ1) is 12.9. The van der Waals surface area contributed by atoms with Gasteiger partial charge in [0.15, 0.2) is 0 Å². The van der Waals surface area contributed by atoms with E-state index in [1.165, 1.54) is 28.9 Å². The van der Waals surface area contributed by atoms with E-state index < -0.39 is 9.73 Å². The maximum atomic E-state index is 11.8. The smallest absolute Gasteiger partial charge is 0.225 e. The molecule has 1 saturated heterocycles. The average molecular weight is 403 g/mol. The molecule has 1 fully saturated rings. The Morgan fingerprint density at radius 1 is 1.15 bits per heavy atom. The molecule has 2 aromatic heterocycles. The fraction of sp³-hybridized carbons (Fsp3) is 0.389. The summed E-state index contributed by atoms with van der Waals surface area (Å²) in [5.74, 6) is 0.638. The maximum absolute atomic E-state index is 11.8. The number of hydrogen-bond acceptors (Lipinski definition) is 8. The summed E-state index contributed by atoms with van der Waals surface area (Å²) in [5, 5.41) is 0. The third kappa shape index (κ3) is 3.80. The summed E-state index contributed by atoms with van der Waals surface area (Å²) in [4.78, 5) is 18.0. The number of rotatable bonds is 4. The first kappa shape index (κ1) is 18.3. The molecule has 0 bridgehead atoms. The van der Waals surface area contributed by atoms with Crippen LogP contribution in [-0.4, -0.2) is 56.5 Å². The van der Waals surface area contributed by atoms with E-state index in [4.69, 9.17) is 4.78 Å². The molecule has 0 amide bonds. The van der Waals surface area contributed by atoms with E-state index in [-0.39, 0.29) is 0 Å². The highest BCUT2D eigenvalue weighted by atomic mass is 32.2. The Bertz CT molecular complexity index is 1040. The van der Waals surface area contributed by atoms with Crippen molar-refractivity contribution in [1.82, 2.24) is 19.9 Å². The number of nitrogens with one attached hydrogen (secondary N) is 1. The average Bonchev–Trinajstić information content (AvgIpc) is 3.15. The van der Waals surface area contributed by atoms with Gasteiger partial charge in [-0.25, -0.2) is 23.9 Å². The standard InChI is InChI=1S/C18H22N6OS2/c1-13(14-3-4-17-16(9-14)22-12-26-17)23-5-7-24(8-6-23)18-20-10-15(11-21-18)27(2,19)25/h3-4,9-13,19H,5-8H2,1-2H3/t13-,27+/m1/s1. The number of fused-ring (bicyclic) bond motifs is 1. The molecule has 0 spiro atoms. The lowest BCUT2D eigenvalue weighted by molar-refractivity contribution is 0.198. The van der Waals surface area contributed by atoms with Crippen LogP contribution in [-0.2, 0) is 9.73 Å². The number of aromatic nitrogens is 3. The van der Waals surface area contributed by atoms with Gasteiger partial charge in [-0.1, -0.05) is 6.07 Å². The van der Waals surface area contributed by atoms with Gasteiger partial charge < -0.3 is 4.90 Å². The van der Waals surface area contributed by atoms with Crippen LogP contribution in [0.15, 0.2) is 41.0 Å². The molecule has 1 aliphatic heterocycles. The summed E-state index contributed by atoms with van der Waals surface area (Å²) in [6.45, 7) is 5.76. The van der Waals surface area contributed by atoms with Crippen molar-refractivity contribution < 1.29 is 4.21 Å². The normalized spacial score (nSPS) is 19.1. The van der Waals surface area contributed by atoms with E-state index in [1.807, 2.05) is 5.51 Å². The van der Waals surface area contributed by atoms with Crippen LogP contribution in [0.1, 0.15) is 18.5 Å². The second kappa shape index (κ2) is 7.14. The number of hydrogen-bond donors (Lipinski definition) is 1. The highest BCUT2D eigenvalue weighted by Gasteiger charge is 2.23. The van der Waals surface area contributed by atoms with Gasteiger partial charge in [0.1, 0.15) is 0 Å². The van der Waals surface area contributed by atoms with E-state index in [9.17, 15) is 4.21 Å². The van der Waals surface area contributed by atoms with Crippen LogP contribution in [0.25, 0.3) is 10.2 Å². The first-order valence-electron chi connectivity index (χ1n) is 8.80. The molecule has 0 radical (unpaired) electrons. The Kier molecular flexibility index (Phi) is 4.83. The predicted octanol–water partition coefficient (Wildman–Crippen LogP) is 3.00. The minimum atomic E-state index is -2.77. The molecule has 0 aliphatic carbocycles. The van der Waals surface area contributed by atoms with Gasteiger partial charge in [0, 0.05) is 50.9 Å². The number of thiazole rings is 1. The van der Waals surface area contributed by atoms with Crippen LogP contribution in [0.5, 0.6) is 0 Å². The summed E-state index contributed by atoms with van der Waals surface area (Å²) >= 11 is 1.67. The fourth-order valence-electron chi connectivity index (χ4n) is 3.33. The molecule has 3 heterocycles. The van der Waals surface area contributed by atoms with Gasteiger partial charge in [-0.05, 0) is 24.6 Å². The van der Waals surface area contributed by atoms with Crippen molar-refractivity contribution >= 4 is 37.2 Å². The lowest BCUT2D eigenvalue weighted by Gasteiger charge is -2.38. The molecular formula is C18H22N6OS2. The zero-order chi connectivity index (χ0) is 19.0. The van der Waals surface area contributed by atoms with Crippen LogP contribution in [0.3, 0.4) is 0 Å². The molecule has 1 aromatic carbocycles. The van der Waals surface area contributed by atoms with E-state index in [0.717, 1.165) is 31.7 Å². The topological polar surface area (TPSA) is 86.1 Å². The minimum Gasteiger partial charge on any atom is -0.338 e. The van der Waals surface area contributed by atoms with Crippen molar-refractivity contribution in [2.24, 2.45) is 0 Å². The van der Waals surface area contributed by atoms with Crippen molar-refractivity contribution in [2.45, 2.75) is 17.9 Å². The molecule has 1 N–H and O–H groups in total. The van der Waals surface area contributed by atoms with Crippen molar-refractivity contribution in [3.8, 4) is 0 Å². The summed E-state index contributed by atoms with van der Waals surface area (Å²) < 4.78 is 20.6. The van der Waals surface area contributed by atoms with Crippen molar-refractivity contribution in [2.75, 3.05) is 37.3 Å². The zero-order valence-corrected chi connectivity index (χ0v) is 17.0. The minimum absolute atomic E-state index is 0.328. The highest BCUT2D eigenvalue weighted by Crippen LogP contribution is 2.27. The molecule has 0 saturated carbocycles. The van der Waals surface area contributed by atoms with Gasteiger partial charge in [0.2, 0.25) is 5.95 Å². The highest BCUT2D eigenvalue weighted by molar-refractivity contribution is 7.91.